The van der Waals surface area contributed by atoms with Crippen LogP contribution in [0.1, 0.15) is 265 Å². The van der Waals surface area contributed by atoms with Crippen molar-refractivity contribution >= 4 is 25.7 Å². The zero-order valence-electron chi connectivity index (χ0n) is 47.3. The first-order valence-corrected chi connectivity index (χ1v) is 31.3. The Kier molecular flexibility index (Phi) is 53.8. The second-order valence-electron chi connectivity index (χ2n) is 19.8. The van der Waals surface area contributed by atoms with Crippen molar-refractivity contribution in [1.29, 1.82) is 0 Å². The van der Waals surface area contributed by atoms with Crippen LogP contribution < -0.4 is 0 Å². The van der Waals surface area contributed by atoms with Gasteiger partial charge in [0.1, 0.15) is 12.7 Å². The Morgan fingerprint density at radius 1 is 0.392 bits per heavy atom. The maximum absolute atomic E-state index is 12.9. The Hall–Kier alpha value is -3.08. The first-order chi connectivity index (χ1) is 36.2. The van der Waals surface area contributed by atoms with E-state index >= 15 is 0 Å². The standard InChI is InChI=1S/C62H109O11P/c1-4-7-10-13-16-19-22-25-28-29-32-35-38-41-44-47-50-53-62(66)73-59(55-69-60(64)51-48-45-42-39-36-33-30-26-23-20-17-14-11-8-5-2)57-71-74(67,68)70-56-58(54-63)72-61(65)52-49-46-43-40-37-34-31-27-24-21-18-15-12-9-6-3/h8-9,11-12,17-18,20-21,26-27,30-31,58-59,63H,4-7,10,13-16,19,22-25,28-29,32-57H2,1-3H3,(H,67,68)/b11-8-,12-9-,20-17-,21-18-,30-26-,31-27-. The number of esters is 3. The molecule has 0 aromatic heterocycles. The van der Waals surface area contributed by atoms with E-state index in [1.54, 1.807) is 0 Å². The second kappa shape index (κ2) is 56.1. The van der Waals surface area contributed by atoms with E-state index in [0.29, 0.717) is 19.3 Å². The predicted octanol–water partition coefficient (Wildman–Crippen LogP) is 17.7. The molecule has 0 aromatic rings. The molecule has 3 atom stereocenters. The van der Waals surface area contributed by atoms with Crippen molar-refractivity contribution in [3.05, 3.63) is 72.9 Å². The van der Waals surface area contributed by atoms with Crippen LogP contribution in [0.25, 0.3) is 0 Å². The van der Waals surface area contributed by atoms with E-state index in [2.05, 4.69) is 93.7 Å². The molecule has 0 rings (SSSR count). The number of ether oxygens (including phenoxy) is 3. The number of carbonyl (C=O) groups is 3. The lowest BCUT2D eigenvalue weighted by Gasteiger charge is -2.21. The minimum atomic E-state index is -4.76. The van der Waals surface area contributed by atoms with Crippen LogP contribution in [0, 0.1) is 0 Å². The van der Waals surface area contributed by atoms with Crippen molar-refractivity contribution in [1.82, 2.24) is 0 Å². The Bertz CT molecular complexity index is 1520. The highest BCUT2D eigenvalue weighted by Crippen LogP contribution is 2.43. The number of rotatable bonds is 55. The van der Waals surface area contributed by atoms with Crippen LogP contribution in [-0.4, -0.2) is 66.5 Å². The fraction of sp³-hybridized carbons (Fsp3) is 0.758. The third kappa shape index (κ3) is 53.7. The molecule has 0 saturated carbocycles. The molecule has 0 aliphatic rings. The molecule has 0 aromatic carbocycles. The van der Waals surface area contributed by atoms with Crippen molar-refractivity contribution in [3.63, 3.8) is 0 Å². The maximum Gasteiger partial charge on any atom is 0.472 e. The maximum atomic E-state index is 12.9. The number of allylic oxidation sites excluding steroid dienone is 12. The summed E-state index contributed by atoms with van der Waals surface area (Å²) in [4.78, 5) is 48.6. The molecular formula is C62H109O11P. The molecular weight excluding hydrogens is 952 g/mol. The molecule has 0 heterocycles. The van der Waals surface area contributed by atoms with Gasteiger partial charge < -0.3 is 24.2 Å². The molecule has 0 radical (unpaired) electrons. The largest absolute Gasteiger partial charge is 0.472 e. The normalized spacial score (nSPS) is 13.9. The predicted molar refractivity (Wildman–Crippen MR) is 307 cm³/mol. The summed E-state index contributed by atoms with van der Waals surface area (Å²) in [5.41, 5.74) is 0. The smallest absolute Gasteiger partial charge is 0.462 e. The quantitative estimate of drug-likeness (QED) is 0.0197. The number of unbranched alkanes of at least 4 members (excludes halogenated alkanes) is 26. The second-order valence-corrected chi connectivity index (χ2v) is 21.2. The van der Waals surface area contributed by atoms with E-state index in [0.717, 1.165) is 122 Å². The Balaban J connectivity index is 4.73. The summed E-state index contributed by atoms with van der Waals surface area (Å²) < 4.78 is 39.6. The highest BCUT2D eigenvalue weighted by Gasteiger charge is 2.28. The first kappa shape index (κ1) is 70.9. The third-order valence-corrected chi connectivity index (χ3v) is 13.6. The molecule has 0 spiro atoms. The zero-order valence-corrected chi connectivity index (χ0v) is 48.2. The molecule has 428 valence electrons. The summed E-state index contributed by atoms with van der Waals surface area (Å²) in [6.07, 6.45) is 62.8. The van der Waals surface area contributed by atoms with Crippen molar-refractivity contribution < 1.29 is 52.2 Å². The fourth-order valence-electron chi connectivity index (χ4n) is 8.15. The summed E-state index contributed by atoms with van der Waals surface area (Å²) in [5.74, 6) is -1.49. The minimum Gasteiger partial charge on any atom is -0.462 e. The monoisotopic (exact) mass is 1060 g/mol. The highest BCUT2D eigenvalue weighted by atomic mass is 31.2. The number of phosphoric ester groups is 1. The summed E-state index contributed by atoms with van der Waals surface area (Å²) in [6, 6.07) is 0. The molecule has 0 amide bonds. The molecule has 0 aliphatic heterocycles. The van der Waals surface area contributed by atoms with Crippen LogP contribution in [0.15, 0.2) is 72.9 Å². The van der Waals surface area contributed by atoms with Gasteiger partial charge in [0, 0.05) is 19.3 Å². The molecule has 0 bridgehead atoms. The van der Waals surface area contributed by atoms with Crippen LogP contribution in [0.3, 0.4) is 0 Å². The van der Waals surface area contributed by atoms with Gasteiger partial charge >= 0.3 is 25.7 Å². The Morgan fingerprint density at radius 3 is 1.08 bits per heavy atom. The van der Waals surface area contributed by atoms with E-state index < -0.39 is 57.8 Å². The summed E-state index contributed by atoms with van der Waals surface area (Å²) >= 11 is 0. The van der Waals surface area contributed by atoms with E-state index in [-0.39, 0.29) is 25.9 Å². The zero-order chi connectivity index (χ0) is 54.1. The van der Waals surface area contributed by atoms with Crippen molar-refractivity contribution in [2.24, 2.45) is 0 Å². The fourth-order valence-corrected chi connectivity index (χ4v) is 8.93. The van der Waals surface area contributed by atoms with Gasteiger partial charge in [-0.15, -0.1) is 0 Å². The molecule has 11 nitrogen and oxygen atoms in total. The molecule has 2 N–H and O–H groups in total. The van der Waals surface area contributed by atoms with Gasteiger partial charge in [0.15, 0.2) is 6.10 Å². The number of aliphatic hydroxyl groups excluding tert-OH is 1. The first-order valence-electron chi connectivity index (χ1n) is 29.8. The van der Waals surface area contributed by atoms with Gasteiger partial charge in [-0.2, -0.15) is 0 Å². The van der Waals surface area contributed by atoms with Crippen LogP contribution in [0.5, 0.6) is 0 Å². The number of carbonyl (C=O) groups excluding carboxylic acids is 3. The Morgan fingerprint density at radius 2 is 0.703 bits per heavy atom. The van der Waals surface area contributed by atoms with Gasteiger partial charge in [0.05, 0.1) is 19.8 Å². The molecule has 0 saturated heterocycles. The average molecular weight is 1060 g/mol. The van der Waals surface area contributed by atoms with Gasteiger partial charge in [-0.3, -0.25) is 23.4 Å². The van der Waals surface area contributed by atoms with Gasteiger partial charge in [0.2, 0.25) is 0 Å². The Labute approximate surface area is 452 Å². The van der Waals surface area contributed by atoms with Crippen LogP contribution in [0.4, 0.5) is 0 Å². The molecule has 74 heavy (non-hydrogen) atoms. The lowest BCUT2D eigenvalue weighted by molar-refractivity contribution is -0.161. The van der Waals surface area contributed by atoms with Gasteiger partial charge in [-0.05, 0) is 83.5 Å². The van der Waals surface area contributed by atoms with E-state index in [9.17, 15) is 28.9 Å². The summed E-state index contributed by atoms with van der Waals surface area (Å²) in [6.45, 7) is 4.41. The topological polar surface area (TPSA) is 155 Å². The molecule has 3 unspecified atom stereocenters. The van der Waals surface area contributed by atoms with Crippen molar-refractivity contribution in [3.8, 4) is 0 Å². The van der Waals surface area contributed by atoms with Crippen LogP contribution >= 0.6 is 7.82 Å². The van der Waals surface area contributed by atoms with Gasteiger partial charge in [-0.1, -0.05) is 235 Å². The van der Waals surface area contributed by atoms with Crippen LogP contribution in [0.2, 0.25) is 0 Å². The minimum absolute atomic E-state index is 0.156. The summed E-state index contributed by atoms with van der Waals surface area (Å²) in [5, 5.41) is 9.82. The highest BCUT2D eigenvalue weighted by molar-refractivity contribution is 7.47. The van der Waals surface area contributed by atoms with E-state index in [1.807, 2.05) is 0 Å². The number of aliphatic hydroxyl groups is 1. The number of hydrogen-bond donors (Lipinski definition) is 2. The van der Waals surface area contributed by atoms with Gasteiger partial charge in [0.25, 0.3) is 0 Å². The summed E-state index contributed by atoms with van der Waals surface area (Å²) in [7, 11) is -4.76. The molecule has 0 aliphatic carbocycles. The lowest BCUT2D eigenvalue weighted by Crippen LogP contribution is -2.30. The van der Waals surface area contributed by atoms with Crippen LogP contribution in [-0.2, 0) is 42.2 Å². The van der Waals surface area contributed by atoms with Crippen molar-refractivity contribution in [2.75, 3.05) is 26.4 Å². The van der Waals surface area contributed by atoms with E-state index in [1.165, 1.54) is 83.5 Å². The lowest BCUT2D eigenvalue weighted by atomic mass is 10.0. The number of hydrogen-bond acceptors (Lipinski definition) is 10. The average Bonchev–Trinajstić information content (AvgIpc) is 3.39. The third-order valence-electron chi connectivity index (χ3n) is 12.6. The van der Waals surface area contributed by atoms with Gasteiger partial charge in [-0.25, -0.2) is 4.57 Å². The molecule has 0 fully saturated rings. The SMILES string of the molecule is CC/C=C\C/C=C\C/C=C\CCCCCCCC(=O)OCC(COP(=O)(O)OCC(CO)OC(=O)CCCCCCC/C=C\C/C=C\C/C=C\CC)OC(=O)CCCCCCCCCCCCCCCCCCC. The molecule has 12 heteroatoms. The number of phosphoric acid groups is 1. The van der Waals surface area contributed by atoms with E-state index in [4.69, 9.17) is 23.3 Å². The van der Waals surface area contributed by atoms with Crippen molar-refractivity contribution in [2.45, 2.75) is 277 Å².